The van der Waals surface area contributed by atoms with E-state index in [0.29, 0.717) is 57.4 Å². The molecule has 1 aromatic heterocycles. The fourth-order valence-electron chi connectivity index (χ4n) is 4.53. The normalized spacial score (nSPS) is 17.8. The quantitative estimate of drug-likeness (QED) is 0.525. The minimum atomic E-state index is -4.81. The van der Waals surface area contributed by atoms with Gasteiger partial charge in [0.25, 0.3) is 0 Å². The van der Waals surface area contributed by atoms with Crippen molar-refractivity contribution in [3.05, 3.63) is 47.3 Å². The molecule has 220 valence electrons. The summed E-state index contributed by atoms with van der Waals surface area (Å²) in [5, 5.41) is 11.7. The Hall–Kier alpha value is -4.08. The van der Waals surface area contributed by atoms with Crippen LogP contribution in [0.15, 0.2) is 30.3 Å². The number of aromatic nitrogens is 2. The number of carbonyl (C=O) groups is 2. The van der Waals surface area contributed by atoms with E-state index in [9.17, 15) is 22.8 Å². The molecule has 2 aliphatic rings. The van der Waals surface area contributed by atoms with Crippen LogP contribution in [0, 0.1) is 11.3 Å². The van der Waals surface area contributed by atoms with Gasteiger partial charge in [0.2, 0.25) is 17.6 Å². The second-order valence-corrected chi connectivity index (χ2v) is 11.0. The van der Waals surface area contributed by atoms with Gasteiger partial charge in [0.15, 0.2) is 0 Å². The van der Waals surface area contributed by atoms with E-state index >= 15 is 0 Å². The monoisotopic (exact) mass is 574 g/mol. The van der Waals surface area contributed by atoms with E-state index in [1.54, 1.807) is 37.8 Å². The number of likely N-dealkylation sites (tertiary alicyclic amines) is 1. The van der Waals surface area contributed by atoms with E-state index in [4.69, 9.17) is 14.7 Å². The maximum Gasteiger partial charge on any atom is 0.451 e. The highest BCUT2D eigenvalue weighted by atomic mass is 19.4. The first-order valence-electron chi connectivity index (χ1n) is 13.5. The largest absolute Gasteiger partial charge is 0.474 e. The summed E-state index contributed by atoms with van der Waals surface area (Å²) < 4.78 is 52.2. The summed E-state index contributed by atoms with van der Waals surface area (Å²) in [5.41, 5.74) is 0.853. The molecule has 0 radical (unpaired) electrons. The van der Waals surface area contributed by atoms with Crippen LogP contribution in [-0.2, 0) is 22.1 Å². The molecule has 2 saturated heterocycles. The van der Waals surface area contributed by atoms with Crippen LogP contribution in [0.4, 0.5) is 23.8 Å². The van der Waals surface area contributed by atoms with Crippen molar-refractivity contribution in [3.8, 4) is 11.9 Å². The van der Waals surface area contributed by atoms with Crippen LogP contribution in [0.5, 0.6) is 5.88 Å². The van der Waals surface area contributed by atoms with Crippen molar-refractivity contribution in [3.63, 3.8) is 0 Å². The number of anilines is 1. The maximum atomic E-state index is 13.7. The number of alkyl halides is 3. The van der Waals surface area contributed by atoms with Crippen molar-refractivity contribution < 1.29 is 32.2 Å². The van der Waals surface area contributed by atoms with Gasteiger partial charge in [-0.15, -0.1) is 0 Å². The average Bonchev–Trinajstić information content (AvgIpc) is 2.87. The summed E-state index contributed by atoms with van der Waals surface area (Å²) in [5.74, 6) is -1.92. The van der Waals surface area contributed by atoms with E-state index in [-0.39, 0.29) is 17.6 Å². The molecule has 0 spiro atoms. The van der Waals surface area contributed by atoms with Crippen molar-refractivity contribution in [1.29, 1.82) is 5.26 Å². The first kappa shape index (κ1) is 29.9. The topological polar surface area (TPSA) is 121 Å². The van der Waals surface area contributed by atoms with Gasteiger partial charge in [-0.3, -0.25) is 4.79 Å². The van der Waals surface area contributed by atoms with E-state index in [1.165, 1.54) is 11.0 Å². The fraction of sp³-hybridized carbons (Fsp3) is 0.536. The zero-order valence-electron chi connectivity index (χ0n) is 23.2. The molecule has 0 aliphatic carbocycles. The number of nitrogens with one attached hydrogen (secondary N) is 1. The fourth-order valence-corrected chi connectivity index (χ4v) is 4.53. The van der Waals surface area contributed by atoms with Crippen LogP contribution in [0.3, 0.4) is 0 Å². The minimum Gasteiger partial charge on any atom is -0.474 e. The van der Waals surface area contributed by atoms with Crippen LogP contribution in [0.25, 0.3) is 0 Å². The molecule has 2 aromatic rings. The third kappa shape index (κ3) is 7.99. The zero-order valence-corrected chi connectivity index (χ0v) is 23.2. The lowest BCUT2D eigenvalue weighted by molar-refractivity contribution is -0.145. The van der Waals surface area contributed by atoms with Crippen molar-refractivity contribution in [2.45, 2.75) is 70.4 Å². The number of benzene rings is 1. The third-order valence-electron chi connectivity index (χ3n) is 6.74. The Kier molecular flexibility index (Phi) is 8.89. The lowest BCUT2D eigenvalue weighted by Gasteiger charge is -2.41. The molecule has 4 rings (SSSR count). The molecule has 0 bridgehead atoms. The van der Waals surface area contributed by atoms with Gasteiger partial charge in [0.05, 0.1) is 11.6 Å². The van der Waals surface area contributed by atoms with E-state index in [1.807, 2.05) is 18.2 Å². The molecule has 10 nitrogen and oxygen atoms in total. The molecule has 3 heterocycles. The molecule has 1 aromatic carbocycles. The van der Waals surface area contributed by atoms with Crippen LogP contribution >= 0.6 is 0 Å². The zero-order chi connectivity index (χ0) is 29.8. The van der Waals surface area contributed by atoms with Crippen LogP contribution in [0.1, 0.15) is 57.0 Å². The summed E-state index contributed by atoms with van der Waals surface area (Å²) in [6.07, 6.45) is -3.90. The van der Waals surface area contributed by atoms with Crippen molar-refractivity contribution in [2.75, 3.05) is 31.1 Å². The van der Waals surface area contributed by atoms with E-state index < -0.39 is 35.8 Å². The van der Waals surface area contributed by atoms with Gasteiger partial charge in [-0.2, -0.15) is 23.4 Å². The second kappa shape index (κ2) is 12.2. The molecule has 2 amide bonds. The number of ether oxygens (including phenoxy) is 2. The molecule has 1 atom stereocenters. The number of hydrogen-bond acceptors (Lipinski definition) is 8. The number of carbonyl (C=O) groups excluding carboxylic acids is 2. The van der Waals surface area contributed by atoms with Crippen molar-refractivity contribution in [2.24, 2.45) is 0 Å². The lowest BCUT2D eigenvalue weighted by Crippen LogP contribution is -2.57. The Morgan fingerprint density at radius 3 is 2.32 bits per heavy atom. The molecule has 0 saturated carbocycles. The molecule has 2 fully saturated rings. The molecule has 41 heavy (non-hydrogen) atoms. The molecular weight excluding hydrogens is 541 g/mol. The van der Waals surface area contributed by atoms with Gasteiger partial charge >= 0.3 is 12.3 Å². The number of amides is 2. The number of halogens is 3. The lowest BCUT2D eigenvalue weighted by atomic mass is 10.0. The van der Waals surface area contributed by atoms with Gasteiger partial charge in [0.1, 0.15) is 23.6 Å². The highest BCUT2D eigenvalue weighted by Crippen LogP contribution is 2.33. The van der Waals surface area contributed by atoms with E-state index in [2.05, 4.69) is 15.3 Å². The number of nitrogens with zero attached hydrogens (tertiary/aromatic N) is 5. The summed E-state index contributed by atoms with van der Waals surface area (Å²) in [4.78, 5) is 35.5. The Labute approximate surface area is 236 Å². The Morgan fingerprint density at radius 1 is 1.07 bits per heavy atom. The Balaban J connectivity index is 1.37. The van der Waals surface area contributed by atoms with Gasteiger partial charge in [0, 0.05) is 45.1 Å². The molecule has 1 N–H and O–H groups in total. The second-order valence-electron chi connectivity index (χ2n) is 11.0. The Bertz CT molecular complexity index is 1280. The number of piperidine rings is 1. The first-order chi connectivity index (χ1) is 19.3. The van der Waals surface area contributed by atoms with Crippen molar-refractivity contribution >= 4 is 17.8 Å². The standard InChI is InChI=1S/C28H33F3N6O4/c1-27(2,3)41-26(39)36-13-9-20(10-14-36)40-23-16-22(34-25(35-23)28(29,30)31)37-15-11-21(37)24(38)33-12-8-18-4-6-19(17-32)7-5-18/h4-7,16,20-21H,8-15H2,1-3H3,(H,33,38)/t21-/m0/s1. The van der Waals surface area contributed by atoms with Gasteiger partial charge < -0.3 is 24.6 Å². The summed E-state index contributed by atoms with van der Waals surface area (Å²) in [6, 6.07) is 9.71. The highest BCUT2D eigenvalue weighted by Gasteiger charge is 2.40. The Morgan fingerprint density at radius 2 is 1.76 bits per heavy atom. The van der Waals surface area contributed by atoms with Crippen LogP contribution in [0.2, 0.25) is 0 Å². The van der Waals surface area contributed by atoms with Gasteiger partial charge in [-0.1, -0.05) is 12.1 Å². The average molecular weight is 575 g/mol. The highest BCUT2D eigenvalue weighted by molar-refractivity contribution is 5.86. The minimum absolute atomic E-state index is 0.0352. The van der Waals surface area contributed by atoms with E-state index in [0.717, 1.165) is 5.56 Å². The summed E-state index contributed by atoms with van der Waals surface area (Å²) >= 11 is 0. The molecule has 0 unspecified atom stereocenters. The summed E-state index contributed by atoms with van der Waals surface area (Å²) in [6.45, 7) is 6.68. The number of rotatable bonds is 7. The predicted molar refractivity (Wildman–Crippen MR) is 142 cm³/mol. The third-order valence-corrected chi connectivity index (χ3v) is 6.74. The van der Waals surface area contributed by atoms with Gasteiger partial charge in [-0.05, 0) is 51.3 Å². The van der Waals surface area contributed by atoms with Gasteiger partial charge in [-0.25, -0.2) is 9.78 Å². The number of hydrogen-bond donors (Lipinski definition) is 1. The SMILES string of the molecule is CC(C)(C)OC(=O)N1CCC(Oc2cc(N3CC[C@H]3C(=O)NCCc3ccc(C#N)cc3)nc(C(F)(F)F)n2)CC1. The van der Waals surface area contributed by atoms with Crippen LogP contribution < -0.4 is 15.0 Å². The predicted octanol–water partition coefficient (Wildman–Crippen LogP) is 4.08. The van der Waals surface area contributed by atoms with Crippen molar-refractivity contribution in [1.82, 2.24) is 20.2 Å². The molecule has 13 heteroatoms. The van der Waals surface area contributed by atoms with Crippen LogP contribution in [-0.4, -0.2) is 70.8 Å². The first-order valence-corrected chi connectivity index (χ1v) is 13.5. The number of nitriles is 1. The molecular formula is C28H33F3N6O4. The summed E-state index contributed by atoms with van der Waals surface area (Å²) in [7, 11) is 0. The maximum absolute atomic E-state index is 13.7. The molecule has 2 aliphatic heterocycles. The smallest absolute Gasteiger partial charge is 0.451 e.